The van der Waals surface area contributed by atoms with Crippen molar-refractivity contribution >= 4 is 23.1 Å². The lowest BCUT2D eigenvalue weighted by Gasteiger charge is -1.97. The van der Waals surface area contributed by atoms with Crippen molar-refractivity contribution < 1.29 is 4.79 Å². The number of hydrogen-bond acceptors (Lipinski definition) is 3. The smallest absolute Gasteiger partial charge is 0.216 e. The van der Waals surface area contributed by atoms with Crippen LogP contribution in [0.15, 0.2) is 24.7 Å². The van der Waals surface area contributed by atoms with E-state index in [1.54, 1.807) is 12.5 Å². The Kier molecular flexibility index (Phi) is 3.49. The van der Waals surface area contributed by atoms with Crippen LogP contribution < -0.4 is 5.32 Å². The van der Waals surface area contributed by atoms with Crippen molar-refractivity contribution in [3.05, 3.63) is 30.2 Å². The van der Waals surface area contributed by atoms with Gasteiger partial charge in [0, 0.05) is 19.7 Å². The fourth-order valence-electron chi connectivity index (χ4n) is 1.49. The molecular formula is C12H14N4O. The van der Waals surface area contributed by atoms with Crippen LogP contribution in [-0.2, 0) is 4.79 Å². The van der Waals surface area contributed by atoms with Crippen molar-refractivity contribution in [1.29, 1.82) is 0 Å². The highest BCUT2D eigenvalue weighted by atomic mass is 16.1. The van der Waals surface area contributed by atoms with E-state index in [0.717, 1.165) is 23.1 Å². The second-order valence-electron chi connectivity index (χ2n) is 3.72. The van der Waals surface area contributed by atoms with Crippen LogP contribution in [0.25, 0.3) is 17.2 Å². The first-order valence-corrected chi connectivity index (χ1v) is 5.46. The molecule has 5 nitrogen and oxygen atoms in total. The minimum atomic E-state index is -0.000976. The summed E-state index contributed by atoms with van der Waals surface area (Å²) in [5.41, 5.74) is 2.67. The third kappa shape index (κ3) is 3.14. The number of amides is 1. The number of rotatable bonds is 4. The van der Waals surface area contributed by atoms with E-state index in [2.05, 4.69) is 20.3 Å². The molecular weight excluding hydrogens is 216 g/mol. The summed E-state index contributed by atoms with van der Waals surface area (Å²) in [4.78, 5) is 21.9. The predicted molar refractivity (Wildman–Crippen MR) is 66.2 cm³/mol. The van der Waals surface area contributed by atoms with E-state index in [0.29, 0.717) is 6.54 Å². The molecule has 2 N–H and O–H groups in total. The number of pyridine rings is 1. The van der Waals surface area contributed by atoms with E-state index in [1.165, 1.54) is 6.92 Å². The van der Waals surface area contributed by atoms with Crippen molar-refractivity contribution in [2.24, 2.45) is 0 Å². The molecule has 0 aliphatic rings. The maximum Gasteiger partial charge on any atom is 0.216 e. The van der Waals surface area contributed by atoms with Crippen molar-refractivity contribution in [3.8, 4) is 0 Å². The van der Waals surface area contributed by atoms with Crippen LogP contribution in [0.5, 0.6) is 0 Å². The van der Waals surface area contributed by atoms with Gasteiger partial charge in [-0.15, -0.1) is 0 Å². The SMILES string of the molecule is CC(=O)NCCC=Cc1cnc2nc[nH]c2c1. The highest BCUT2D eigenvalue weighted by Gasteiger charge is 1.96. The molecule has 0 saturated carbocycles. The van der Waals surface area contributed by atoms with Gasteiger partial charge in [-0.3, -0.25) is 4.79 Å². The van der Waals surface area contributed by atoms with Gasteiger partial charge in [-0.1, -0.05) is 12.2 Å². The van der Waals surface area contributed by atoms with Gasteiger partial charge in [-0.2, -0.15) is 0 Å². The zero-order chi connectivity index (χ0) is 12.1. The zero-order valence-corrected chi connectivity index (χ0v) is 9.60. The molecule has 1 amide bonds. The molecule has 0 saturated heterocycles. The van der Waals surface area contributed by atoms with E-state index >= 15 is 0 Å². The Balaban J connectivity index is 1.93. The lowest BCUT2D eigenvalue weighted by molar-refractivity contribution is -0.118. The molecule has 0 spiro atoms. The van der Waals surface area contributed by atoms with Gasteiger partial charge in [-0.05, 0) is 18.1 Å². The van der Waals surface area contributed by atoms with Crippen molar-refractivity contribution in [2.75, 3.05) is 6.54 Å². The molecule has 0 aliphatic heterocycles. The van der Waals surface area contributed by atoms with E-state index < -0.39 is 0 Å². The van der Waals surface area contributed by atoms with Gasteiger partial charge >= 0.3 is 0 Å². The van der Waals surface area contributed by atoms with Crippen LogP contribution in [0.3, 0.4) is 0 Å². The second-order valence-corrected chi connectivity index (χ2v) is 3.72. The number of aromatic amines is 1. The summed E-state index contributed by atoms with van der Waals surface area (Å²) in [6.45, 7) is 2.17. The maximum absolute atomic E-state index is 10.6. The Labute approximate surface area is 99.0 Å². The van der Waals surface area contributed by atoms with Crippen LogP contribution in [-0.4, -0.2) is 27.4 Å². The van der Waals surface area contributed by atoms with E-state index in [4.69, 9.17) is 0 Å². The van der Waals surface area contributed by atoms with Crippen LogP contribution in [0.4, 0.5) is 0 Å². The number of fused-ring (bicyclic) bond motifs is 1. The van der Waals surface area contributed by atoms with Gasteiger partial charge in [0.1, 0.15) is 0 Å². The highest BCUT2D eigenvalue weighted by molar-refractivity contribution is 5.73. The molecule has 0 atom stereocenters. The molecule has 88 valence electrons. The first-order chi connectivity index (χ1) is 8.25. The molecule has 0 radical (unpaired) electrons. The summed E-state index contributed by atoms with van der Waals surface area (Å²) in [5, 5.41) is 2.74. The van der Waals surface area contributed by atoms with Crippen LogP contribution in [0, 0.1) is 0 Å². The molecule has 17 heavy (non-hydrogen) atoms. The first kappa shape index (κ1) is 11.3. The largest absolute Gasteiger partial charge is 0.356 e. The quantitative estimate of drug-likeness (QED) is 0.782. The summed E-state index contributed by atoms with van der Waals surface area (Å²) in [6.07, 6.45) is 8.20. The summed E-state index contributed by atoms with van der Waals surface area (Å²) in [5.74, 6) is -0.000976. The normalized spacial score (nSPS) is 11.1. The number of H-pyrrole nitrogens is 1. The number of nitrogens with zero attached hydrogens (tertiary/aromatic N) is 2. The van der Waals surface area contributed by atoms with Gasteiger partial charge in [0.15, 0.2) is 5.65 Å². The number of imidazole rings is 1. The predicted octanol–water partition coefficient (Wildman–Crippen LogP) is 1.50. The average molecular weight is 230 g/mol. The number of carbonyl (C=O) groups excluding carboxylic acids is 1. The minimum absolute atomic E-state index is 0.000976. The molecule has 0 bridgehead atoms. The van der Waals surface area contributed by atoms with Gasteiger partial charge in [0.05, 0.1) is 11.8 Å². The van der Waals surface area contributed by atoms with E-state index in [-0.39, 0.29) is 5.91 Å². The van der Waals surface area contributed by atoms with Gasteiger partial charge < -0.3 is 10.3 Å². The molecule has 2 aromatic heterocycles. The summed E-state index contributed by atoms with van der Waals surface area (Å²) in [7, 11) is 0. The Morgan fingerprint density at radius 1 is 1.53 bits per heavy atom. The number of hydrogen-bond donors (Lipinski definition) is 2. The zero-order valence-electron chi connectivity index (χ0n) is 9.60. The Bertz CT molecular complexity index is 544. The van der Waals surface area contributed by atoms with Crippen LogP contribution in [0.2, 0.25) is 0 Å². The van der Waals surface area contributed by atoms with Crippen LogP contribution >= 0.6 is 0 Å². The molecule has 0 unspecified atom stereocenters. The van der Waals surface area contributed by atoms with Crippen molar-refractivity contribution in [1.82, 2.24) is 20.3 Å². The number of nitrogens with one attached hydrogen (secondary N) is 2. The lowest BCUT2D eigenvalue weighted by Crippen LogP contribution is -2.20. The van der Waals surface area contributed by atoms with Gasteiger partial charge in [-0.25, -0.2) is 9.97 Å². The summed E-state index contributed by atoms with van der Waals surface area (Å²) < 4.78 is 0. The van der Waals surface area contributed by atoms with Crippen molar-refractivity contribution in [2.45, 2.75) is 13.3 Å². The monoisotopic (exact) mass is 230 g/mol. The number of aromatic nitrogens is 3. The Hall–Kier alpha value is -2.17. The van der Waals surface area contributed by atoms with E-state index in [1.807, 2.05) is 18.2 Å². The lowest BCUT2D eigenvalue weighted by atomic mass is 10.2. The molecule has 0 fully saturated rings. The van der Waals surface area contributed by atoms with Gasteiger partial charge in [0.25, 0.3) is 0 Å². The molecule has 5 heteroatoms. The van der Waals surface area contributed by atoms with Crippen molar-refractivity contribution in [3.63, 3.8) is 0 Å². The molecule has 2 rings (SSSR count). The molecule has 2 aromatic rings. The fourth-order valence-corrected chi connectivity index (χ4v) is 1.49. The standard InChI is InChI=1S/C12H14N4O/c1-9(17)13-5-3-2-4-10-6-11-12(14-7-10)16-8-15-11/h2,4,6-8H,3,5H2,1H3,(H,13,17)(H,14,15,16). The highest BCUT2D eigenvalue weighted by Crippen LogP contribution is 2.09. The maximum atomic E-state index is 10.6. The van der Waals surface area contributed by atoms with Gasteiger partial charge in [0.2, 0.25) is 5.91 Å². The molecule has 2 heterocycles. The number of carbonyl (C=O) groups is 1. The van der Waals surface area contributed by atoms with Crippen LogP contribution in [0.1, 0.15) is 18.9 Å². The third-order valence-electron chi connectivity index (χ3n) is 2.29. The fraction of sp³-hybridized carbons (Fsp3) is 0.250. The summed E-state index contributed by atoms with van der Waals surface area (Å²) in [6, 6.07) is 1.99. The molecule has 0 aliphatic carbocycles. The average Bonchev–Trinajstić information content (AvgIpc) is 2.75. The second kappa shape index (κ2) is 5.25. The Morgan fingerprint density at radius 3 is 3.24 bits per heavy atom. The van der Waals surface area contributed by atoms with E-state index in [9.17, 15) is 4.79 Å². The minimum Gasteiger partial charge on any atom is -0.356 e. The third-order valence-corrected chi connectivity index (χ3v) is 2.29. The summed E-state index contributed by atoms with van der Waals surface area (Å²) >= 11 is 0. The molecule has 0 aromatic carbocycles. The topological polar surface area (TPSA) is 70.7 Å². The first-order valence-electron chi connectivity index (χ1n) is 5.46. The Morgan fingerprint density at radius 2 is 2.41 bits per heavy atom.